The fraction of sp³-hybridized carbons (Fsp3) is 0.294. The molecule has 0 heterocycles. The van der Waals surface area contributed by atoms with Gasteiger partial charge in [-0.05, 0) is 37.8 Å². The van der Waals surface area contributed by atoms with Gasteiger partial charge in [0.25, 0.3) is 0 Å². The van der Waals surface area contributed by atoms with Crippen LogP contribution in [0.15, 0.2) is 28.8 Å². The van der Waals surface area contributed by atoms with E-state index in [0.29, 0.717) is 5.03 Å². The Morgan fingerprint density at radius 2 is 1.96 bits per heavy atom. The molecule has 2 rings (SSSR count). The number of primary amides is 2. The van der Waals surface area contributed by atoms with Crippen LogP contribution in [0, 0.1) is 6.92 Å². The summed E-state index contributed by atoms with van der Waals surface area (Å²) in [5.74, 6) is 0.225. The Bertz CT molecular complexity index is 754. The van der Waals surface area contributed by atoms with Crippen molar-refractivity contribution in [3.63, 3.8) is 0 Å². The van der Waals surface area contributed by atoms with Crippen molar-refractivity contribution in [2.24, 2.45) is 11.5 Å². The van der Waals surface area contributed by atoms with Crippen LogP contribution < -0.4 is 21.5 Å². The van der Waals surface area contributed by atoms with Crippen molar-refractivity contribution >= 4 is 28.6 Å². The largest absolute Gasteiger partial charge is 0.496 e. The summed E-state index contributed by atoms with van der Waals surface area (Å²) in [6.07, 6.45) is 2.92. The summed E-state index contributed by atoms with van der Waals surface area (Å²) in [5, 5.41) is 2.75. The predicted molar refractivity (Wildman–Crippen MR) is 96.2 cm³/mol. The van der Waals surface area contributed by atoms with Gasteiger partial charge >= 0.3 is 6.03 Å². The molecule has 0 spiro atoms. The maximum atomic E-state index is 11.2. The molecule has 0 aliphatic heterocycles. The summed E-state index contributed by atoms with van der Waals surface area (Å²) in [7, 11) is 1.66. The molecule has 128 valence electrons. The summed E-state index contributed by atoms with van der Waals surface area (Å²) in [6.45, 7) is 4.04. The zero-order valence-electron chi connectivity index (χ0n) is 13.9. The number of allylic oxidation sites excluding steroid dienone is 1. The van der Waals surface area contributed by atoms with Gasteiger partial charge < -0.3 is 21.5 Å². The lowest BCUT2D eigenvalue weighted by Crippen LogP contribution is -2.28. The van der Waals surface area contributed by atoms with Gasteiger partial charge in [0.15, 0.2) is 0 Å². The van der Waals surface area contributed by atoms with Gasteiger partial charge in [-0.25, -0.2) is 4.79 Å². The first-order valence-corrected chi connectivity index (χ1v) is 8.27. The van der Waals surface area contributed by atoms with Crippen molar-refractivity contribution in [3.8, 4) is 5.75 Å². The number of hydrogen-bond donors (Lipinski definition) is 3. The highest BCUT2D eigenvalue weighted by atomic mass is 32.2. The monoisotopic (exact) mass is 347 g/mol. The average Bonchev–Trinajstić information content (AvgIpc) is 2.48. The van der Waals surface area contributed by atoms with Crippen LogP contribution in [0.2, 0.25) is 0 Å². The molecule has 0 radical (unpaired) electrons. The molecule has 1 aliphatic carbocycles. The van der Waals surface area contributed by atoms with Crippen molar-refractivity contribution in [2.75, 3.05) is 7.11 Å². The third-order valence-electron chi connectivity index (χ3n) is 3.78. The molecule has 0 saturated carbocycles. The summed E-state index contributed by atoms with van der Waals surface area (Å²) >= 11 is 1.27. The van der Waals surface area contributed by atoms with E-state index in [9.17, 15) is 9.59 Å². The van der Waals surface area contributed by atoms with E-state index < -0.39 is 11.9 Å². The van der Waals surface area contributed by atoms with Gasteiger partial charge in [-0.3, -0.25) is 4.79 Å². The van der Waals surface area contributed by atoms with Crippen molar-refractivity contribution < 1.29 is 14.3 Å². The molecule has 24 heavy (non-hydrogen) atoms. The number of rotatable bonds is 5. The first-order chi connectivity index (χ1) is 11.3. The van der Waals surface area contributed by atoms with Crippen LogP contribution in [-0.4, -0.2) is 19.0 Å². The Morgan fingerprint density at radius 3 is 2.54 bits per heavy atom. The number of urea groups is 1. The first kappa shape index (κ1) is 17.9. The van der Waals surface area contributed by atoms with E-state index in [2.05, 4.69) is 5.32 Å². The molecular formula is C17H21N3O3S. The topological polar surface area (TPSA) is 107 Å². The Morgan fingerprint density at radius 1 is 1.25 bits per heavy atom. The molecule has 7 heteroatoms. The summed E-state index contributed by atoms with van der Waals surface area (Å²) in [6, 6.07) is 3.28. The fourth-order valence-corrected chi connectivity index (χ4v) is 3.86. The Balaban J connectivity index is 2.47. The normalized spacial score (nSPS) is 14.2. The molecule has 1 aromatic rings. The van der Waals surface area contributed by atoms with Crippen molar-refractivity contribution in [1.29, 1.82) is 0 Å². The third-order valence-corrected chi connectivity index (χ3v) is 4.99. The van der Waals surface area contributed by atoms with E-state index in [-0.39, 0.29) is 0 Å². The molecular weight excluding hydrogens is 326 g/mol. The van der Waals surface area contributed by atoms with Gasteiger partial charge in [0.2, 0.25) is 5.91 Å². The van der Waals surface area contributed by atoms with Gasteiger partial charge in [0.1, 0.15) is 5.75 Å². The highest BCUT2D eigenvalue weighted by Gasteiger charge is 2.23. The van der Waals surface area contributed by atoms with Crippen LogP contribution in [0.4, 0.5) is 4.79 Å². The zero-order chi connectivity index (χ0) is 17.9. The Hall–Kier alpha value is -2.41. The number of carbonyl (C=O) groups excluding carboxylic acids is 2. The van der Waals surface area contributed by atoms with Crippen LogP contribution in [0.5, 0.6) is 5.75 Å². The minimum Gasteiger partial charge on any atom is -0.496 e. The van der Waals surface area contributed by atoms with Crippen molar-refractivity contribution in [2.45, 2.75) is 26.7 Å². The number of carbonyl (C=O) groups is 2. The molecule has 1 aliphatic rings. The van der Waals surface area contributed by atoms with Crippen LogP contribution >= 0.6 is 11.8 Å². The summed E-state index contributed by atoms with van der Waals surface area (Å²) in [5.41, 5.74) is 14.8. The zero-order valence-corrected chi connectivity index (χ0v) is 14.8. The molecule has 5 N–H and O–H groups in total. The maximum Gasteiger partial charge on any atom is 0.317 e. The molecule has 0 aromatic heterocycles. The Kier molecular flexibility index (Phi) is 5.56. The van der Waals surface area contributed by atoms with Crippen LogP contribution in [0.25, 0.3) is 4.91 Å². The number of benzene rings is 1. The van der Waals surface area contributed by atoms with Crippen LogP contribution in [0.3, 0.4) is 0 Å². The minimum absolute atomic E-state index is 0.303. The molecule has 6 nitrogen and oxygen atoms in total. The highest BCUT2D eigenvalue weighted by molar-refractivity contribution is 8.11. The number of thioether (sulfide) groups is 1. The SMILES string of the molecule is COc1c(C)ccc2c1CCC(C)=C2S/C(=C/C(N)=O)NC(N)=O. The predicted octanol–water partition coefficient (Wildman–Crippen LogP) is 2.41. The number of fused-ring (bicyclic) bond motifs is 1. The van der Waals surface area contributed by atoms with Crippen LogP contribution in [-0.2, 0) is 11.2 Å². The minimum atomic E-state index is -0.745. The number of aryl methyl sites for hydroxylation is 1. The molecule has 3 amide bonds. The number of nitrogens with one attached hydrogen (secondary N) is 1. The van der Waals surface area contributed by atoms with Crippen LogP contribution in [0.1, 0.15) is 30.0 Å². The average molecular weight is 347 g/mol. The number of methoxy groups -OCH3 is 1. The lowest BCUT2D eigenvalue weighted by atomic mass is 9.90. The standard InChI is InChI=1S/C17H21N3O3S/c1-9-4-7-12-11(15(9)23-3)6-5-10(2)16(12)24-14(8-13(18)21)20-17(19)22/h4,7-8H,5-6H2,1-3H3,(H2,18,21)(H3,19,20,22)/b14-8+. The van der Waals surface area contributed by atoms with Gasteiger partial charge in [-0.15, -0.1) is 0 Å². The first-order valence-electron chi connectivity index (χ1n) is 7.45. The van der Waals surface area contributed by atoms with Gasteiger partial charge in [-0.1, -0.05) is 29.5 Å². The second-order valence-corrected chi connectivity index (χ2v) is 6.61. The molecule has 0 bridgehead atoms. The molecule has 1 aromatic carbocycles. The second kappa shape index (κ2) is 7.44. The summed E-state index contributed by atoms with van der Waals surface area (Å²) < 4.78 is 5.55. The van der Waals surface area contributed by atoms with Crippen molar-refractivity contribution in [1.82, 2.24) is 5.32 Å². The van der Waals surface area contributed by atoms with Gasteiger partial charge in [0.05, 0.1) is 12.1 Å². The van der Waals surface area contributed by atoms with Gasteiger partial charge in [0, 0.05) is 16.5 Å². The fourth-order valence-electron chi connectivity index (χ4n) is 2.74. The third kappa shape index (κ3) is 3.91. The molecule has 0 unspecified atom stereocenters. The number of ether oxygens (including phenoxy) is 1. The quantitative estimate of drug-likeness (QED) is 0.711. The maximum absolute atomic E-state index is 11.2. The van der Waals surface area contributed by atoms with E-state index >= 15 is 0 Å². The molecule has 0 fully saturated rings. The summed E-state index contributed by atoms with van der Waals surface area (Å²) in [4.78, 5) is 23.4. The van der Waals surface area contributed by atoms with Crippen molar-refractivity contribution in [3.05, 3.63) is 45.5 Å². The van der Waals surface area contributed by atoms with Gasteiger partial charge in [-0.2, -0.15) is 0 Å². The lowest BCUT2D eigenvalue weighted by Gasteiger charge is -2.24. The lowest BCUT2D eigenvalue weighted by molar-refractivity contribution is -0.113. The van der Waals surface area contributed by atoms with E-state index in [1.165, 1.54) is 17.3 Å². The second-order valence-electron chi connectivity index (χ2n) is 5.55. The molecule has 0 saturated heterocycles. The van der Waals surface area contributed by atoms with E-state index in [1.54, 1.807) is 7.11 Å². The van der Waals surface area contributed by atoms with E-state index in [1.807, 2.05) is 26.0 Å². The number of hydrogen-bond acceptors (Lipinski definition) is 4. The molecule has 0 atom stereocenters. The Labute approximate surface area is 145 Å². The highest BCUT2D eigenvalue weighted by Crippen LogP contribution is 2.44. The smallest absolute Gasteiger partial charge is 0.317 e. The number of nitrogens with two attached hydrogens (primary N) is 2. The number of amides is 3. The van der Waals surface area contributed by atoms with E-state index in [0.717, 1.165) is 46.3 Å². The van der Waals surface area contributed by atoms with E-state index in [4.69, 9.17) is 16.2 Å².